The Labute approximate surface area is 204 Å². The number of amides is 1. The van der Waals surface area contributed by atoms with Crippen molar-refractivity contribution < 1.29 is 14.3 Å². The summed E-state index contributed by atoms with van der Waals surface area (Å²) in [5.74, 6) is 1.82. The van der Waals surface area contributed by atoms with Crippen LogP contribution in [0.3, 0.4) is 0 Å². The fourth-order valence-corrected chi connectivity index (χ4v) is 3.74. The first kappa shape index (κ1) is 27.5. The summed E-state index contributed by atoms with van der Waals surface area (Å²) in [6, 6.07) is 7.07. The maximum atomic E-state index is 12.2. The highest BCUT2D eigenvalue weighted by Crippen LogP contribution is 2.34. The largest absolute Gasteiger partial charge is 0.497 e. The molecule has 0 saturated carbocycles. The molecule has 8 heteroatoms. The van der Waals surface area contributed by atoms with Gasteiger partial charge in [0, 0.05) is 44.3 Å². The summed E-state index contributed by atoms with van der Waals surface area (Å²) in [5.41, 5.74) is 0.722. The van der Waals surface area contributed by atoms with E-state index >= 15 is 0 Å². The topological polar surface area (TPSA) is 84.0 Å². The zero-order valence-corrected chi connectivity index (χ0v) is 21.8. The SMILES string of the molecule is CCNC(=NCC1CCCOC1C(C)(C)C)NCCNC(=O)c1ccc(OC)cc1.I. The molecule has 0 aliphatic carbocycles. The number of rotatable bonds is 8. The first-order valence-corrected chi connectivity index (χ1v) is 10.9. The molecule has 1 fully saturated rings. The molecule has 0 spiro atoms. The number of halogens is 1. The Balaban J connectivity index is 0.00000480. The van der Waals surface area contributed by atoms with Crippen molar-refractivity contribution >= 4 is 35.8 Å². The van der Waals surface area contributed by atoms with E-state index in [0.29, 0.717) is 24.6 Å². The number of ether oxygens (including phenoxy) is 2. The van der Waals surface area contributed by atoms with Crippen LogP contribution in [0.4, 0.5) is 0 Å². The fraction of sp³-hybridized carbons (Fsp3) is 0.652. The van der Waals surface area contributed by atoms with Gasteiger partial charge in [-0.3, -0.25) is 9.79 Å². The molecular weight excluding hydrogens is 507 g/mol. The molecule has 2 rings (SSSR count). The number of nitrogens with zero attached hydrogens (tertiary/aromatic N) is 1. The summed E-state index contributed by atoms with van der Waals surface area (Å²) in [6.07, 6.45) is 2.46. The smallest absolute Gasteiger partial charge is 0.251 e. The second-order valence-corrected chi connectivity index (χ2v) is 8.69. The minimum Gasteiger partial charge on any atom is -0.497 e. The summed E-state index contributed by atoms with van der Waals surface area (Å²) in [6.45, 7) is 12.2. The fourth-order valence-electron chi connectivity index (χ4n) is 3.74. The molecule has 1 heterocycles. The summed E-state index contributed by atoms with van der Waals surface area (Å²) in [7, 11) is 1.61. The summed E-state index contributed by atoms with van der Waals surface area (Å²) in [4.78, 5) is 17.0. The third-order valence-corrected chi connectivity index (χ3v) is 5.18. The van der Waals surface area contributed by atoms with Crippen molar-refractivity contribution in [1.82, 2.24) is 16.0 Å². The van der Waals surface area contributed by atoms with Gasteiger partial charge < -0.3 is 25.4 Å². The Bertz CT molecular complexity index is 689. The molecule has 1 aliphatic rings. The van der Waals surface area contributed by atoms with Crippen molar-refractivity contribution in [3.8, 4) is 5.75 Å². The predicted molar refractivity (Wildman–Crippen MR) is 137 cm³/mol. The second-order valence-electron chi connectivity index (χ2n) is 8.69. The highest BCUT2D eigenvalue weighted by atomic mass is 127. The average Bonchev–Trinajstić information content (AvgIpc) is 2.74. The van der Waals surface area contributed by atoms with E-state index in [2.05, 4.69) is 36.7 Å². The maximum Gasteiger partial charge on any atom is 0.251 e. The number of hydrogen-bond donors (Lipinski definition) is 3. The van der Waals surface area contributed by atoms with Crippen LogP contribution in [0.5, 0.6) is 5.75 Å². The molecule has 7 nitrogen and oxygen atoms in total. The number of hydrogen-bond acceptors (Lipinski definition) is 4. The van der Waals surface area contributed by atoms with Crippen LogP contribution in [0.2, 0.25) is 0 Å². The normalized spacial score (nSPS) is 19.2. The zero-order valence-electron chi connectivity index (χ0n) is 19.5. The van der Waals surface area contributed by atoms with Gasteiger partial charge in [-0.15, -0.1) is 24.0 Å². The van der Waals surface area contributed by atoms with E-state index in [0.717, 1.165) is 44.2 Å². The molecule has 1 amide bonds. The van der Waals surface area contributed by atoms with Crippen LogP contribution >= 0.6 is 24.0 Å². The van der Waals surface area contributed by atoms with Gasteiger partial charge in [-0.25, -0.2) is 0 Å². The molecule has 2 atom stereocenters. The van der Waals surface area contributed by atoms with Gasteiger partial charge in [0.15, 0.2) is 5.96 Å². The molecule has 176 valence electrons. The van der Waals surface area contributed by atoms with Crippen LogP contribution in [0.25, 0.3) is 0 Å². The lowest BCUT2D eigenvalue weighted by atomic mass is 9.78. The van der Waals surface area contributed by atoms with Gasteiger partial charge in [-0.2, -0.15) is 0 Å². The number of carbonyl (C=O) groups excluding carboxylic acids is 1. The number of aliphatic imine (C=N–C) groups is 1. The van der Waals surface area contributed by atoms with Crippen LogP contribution in [0.15, 0.2) is 29.3 Å². The van der Waals surface area contributed by atoms with Gasteiger partial charge in [-0.1, -0.05) is 20.8 Å². The first-order valence-electron chi connectivity index (χ1n) is 10.9. The molecular formula is C23H39IN4O3. The maximum absolute atomic E-state index is 12.2. The molecule has 3 N–H and O–H groups in total. The molecule has 0 radical (unpaired) electrons. The van der Waals surface area contributed by atoms with Crippen molar-refractivity contribution in [1.29, 1.82) is 0 Å². The Morgan fingerprint density at radius 2 is 1.84 bits per heavy atom. The van der Waals surface area contributed by atoms with Crippen LogP contribution < -0.4 is 20.7 Å². The quantitative estimate of drug-likeness (QED) is 0.202. The van der Waals surface area contributed by atoms with Crippen molar-refractivity contribution in [2.75, 3.05) is 39.9 Å². The van der Waals surface area contributed by atoms with Gasteiger partial charge in [-0.05, 0) is 49.4 Å². The van der Waals surface area contributed by atoms with Crippen molar-refractivity contribution in [3.63, 3.8) is 0 Å². The minimum absolute atomic E-state index is 0. The highest BCUT2D eigenvalue weighted by molar-refractivity contribution is 14.0. The average molecular weight is 546 g/mol. The Morgan fingerprint density at radius 3 is 2.45 bits per heavy atom. The molecule has 1 aromatic rings. The van der Waals surface area contributed by atoms with E-state index in [1.807, 2.05) is 6.92 Å². The molecule has 31 heavy (non-hydrogen) atoms. The highest BCUT2D eigenvalue weighted by Gasteiger charge is 2.35. The van der Waals surface area contributed by atoms with Crippen LogP contribution in [0.1, 0.15) is 50.9 Å². The minimum atomic E-state index is -0.103. The van der Waals surface area contributed by atoms with E-state index in [9.17, 15) is 4.79 Å². The van der Waals surface area contributed by atoms with Gasteiger partial charge in [0.2, 0.25) is 0 Å². The monoisotopic (exact) mass is 546 g/mol. The lowest BCUT2D eigenvalue weighted by Gasteiger charge is -2.39. The van der Waals surface area contributed by atoms with Crippen LogP contribution in [-0.4, -0.2) is 57.9 Å². The predicted octanol–water partition coefficient (Wildman–Crippen LogP) is 3.44. The van der Waals surface area contributed by atoms with E-state index < -0.39 is 0 Å². The molecule has 1 saturated heterocycles. The van der Waals surface area contributed by atoms with E-state index in [1.54, 1.807) is 31.4 Å². The third kappa shape index (κ3) is 9.22. The van der Waals surface area contributed by atoms with Crippen molar-refractivity contribution in [2.45, 2.75) is 46.6 Å². The van der Waals surface area contributed by atoms with Crippen molar-refractivity contribution in [2.24, 2.45) is 16.3 Å². The lowest BCUT2D eigenvalue weighted by Crippen LogP contribution is -2.44. The van der Waals surface area contributed by atoms with Gasteiger partial charge in [0.25, 0.3) is 5.91 Å². The van der Waals surface area contributed by atoms with E-state index in [-0.39, 0.29) is 41.4 Å². The lowest BCUT2D eigenvalue weighted by molar-refractivity contribution is -0.0823. The Morgan fingerprint density at radius 1 is 1.16 bits per heavy atom. The van der Waals surface area contributed by atoms with Crippen molar-refractivity contribution in [3.05, 3.63) is 29.8 Å². The van der Waals surface area contributed by atoms with Gasteiger partial charge in [0.1, 0.15) is 5.75 Å². The number of methoxy groups -OCH3 is 1. The molecule has 1 aromatic carbocycles. The Kier molecular flexibility index (Phi) is 12.2. The standard InChI is InChI=1S/C23H38N4O3.HI/c1-6-24-22(27-16-18-8-7-15-30-20(18)23(2,3)4)26-14-13-25-21(28)17-9-11-19(29-5)12-10-17;/h9-12,18,20H,6-8,13-16H2,1-5H3,(H,25,28)(H2,24,26,27);1H. The van der Waals surface area contributed by atoms with Crippen LogP contribution in [0, 0.1) is 11.3 Å². The number of carbonyl (C=O) groups is 1. The Hall–Kier alpha value is -1.55. The molecule has 1 aliphatic heterocycles. The summed E-state index contributed by atoms with van der Waals surface area (Å²) in [5, 5.41) is 9.50. The van der Waals surface area contributed by atoms with E-state index in [1.165, 1.54) is 0 Å². The zero-order chi connectivity index (χ0) is 22.0. The second kappa shape index (κ2) is 13.8. The number of benzene rings is 1. The van der Waals surface area contributed by atoms with Gasteiger partial charge >= 0.3 is 0 Å². The summed E-state index contributed by atoms with van der Waals surface area (Å²) >= 11 is 0. The number of nitrogens with one attached hydrogen (secondary N) is 3. The van der Waals surface area contributed by atoms with Crippen LogP contribution in [-0.2, 0) is 4.74 Å². The first-order chi connectivity index (χ1) is 14.3. The van der Waals surface area contributed by atoms with Gasteiger partial charge in [0.05, 0.1) is 13.2 Å². The van der Waals surface area contributed by atoms with E-state index in [4.69, 9.17) is 14.5 Å². The molecule has 2 unspecified atom stereocenters. The number of guanidine groups is 1. The molecule has 0 bridgehead atoms. The molecule has 0 aromatic heterocycles. The summed E-state index contributed by atoms with van der Waals surface area (Å²) < 4.78 is 11.2. The third-order valence-electron chi connectivity index (χ3n) is 5.18.